The third-order valence-electron chi connectivity index (χ3n) is 11.6. The van der Waals surface area contributed by atoms with Gasteiger partial charge in [0.25, 0.3) is 5.91 Å². The van der Waals surface area contributed by atoms with Crippen molar-refractivity contribution in [2.75, 3.05) is 26.2 Å². The first-order valence-corrected chi connectivity index (χ1v) is 18.5. The number of nitrogens with one attached hydrogen (secondary N) is 4. The molecule has 0 bridgehead atoms. The first-order chi connectivity index (χ1) is 24.6. The zero-order chi connectivity index (χ0) is 38.0. The van der Waals surface area contributed by atoms with Crippen LogP contribution in [-0.2, 0) is 36.8 Å². The second kappa shape index (κ2) is 15.5. The first kappa shape index (κ1) is 38.6. The quantitative estimate of drug-likeness (QED) is 0.140. The maximum atomic E-state index is 14.8. The maximum Gasteiger partial charge on any atom is 0.315 e. The highest BCUT2D eigenvalue weighted by Gasteiger charge is 2.70. The summed E-state index contributed by atoms with van der Waals surface area (Å²) in [6, 6.07) is 3.89. The highest BCUT2D eigenvalue weighted by atomic mass is 16.2. The monoisotopic (exact) mass is 714 g/mol. The molecule has 2 saturated heterocycles. The lowest BCUT2D eigenvalue weighted by Gasteiger charge is -2.38. The summed E-state index contributed by atoms with van der Waals surface area (Å²) in [7, 11) is 0. The normalized spacial score (nSPS) is 23.6. The molecule has 52 heavy (non-hydrogen) atoms. The zero-order valence-electron chi connectivity index (χ0n) is 31.1. The molecule has 0 spiro atoms. The van der Waals surface area contributed by atoms with Gasteiger partial charge in [0.1, 0.15) is 18.1 Å². The Morgan fingerprint density at radius 1 is 1.06 bits per heavy atom. The third-order valence-corrected chi connectivity index (χ3v) is 11.6. The number of piperidine rings is 2. The summed E-state index contributed by atoms with van der Waals surface area (Å²) >= 11 is 0. The summed E-state index contributed by atoms with van der Waals surface area (Å²) < 4.78 is 0. The van der Waals surface area contributed by atoms with Crippen molar-refractivity contribution in [2.24, 2.45) is 28.6 Å². The molecule has 5 rings (SSSR count). The fourth-order valence-electron chi connectivity index (χ4n) is 8.35. The van der Waals surface area contributed by atoms with Gasteiger partial charge in [-0.25, -0.2) is 4.79 Å². The Morgan fingerprint density at radius 3 is 2.33 bits per heavy atom. The fourth-order valence-corrected chi connectivity index (χ4v) is 8.35. The van der Waals surface area contributed by atoms with Crippen LogP contribution in [0.25, 0.3) is 0 Å². The third kappa shape index (κ3) is 8.19. The topological polar surface area (TPSA) is 157 Å². The molecule has 1 unspecified atom stereocenters. The van der Waals surface area contributed by atoms with E-state index in [2.05, 4.69) is 33.8 Å². The molecule has 280 valence electrons. The summed E-state index contributed by atoms with van der Waals surface area (Å²) in [4.78, 5) is 84.4. The van der Waals surface area contributed by atoms with Crippen LogP contribution in [0.5, 0.6) is 0 Å². The Hall–Kier alpha value is -4.66. The van der Waals surface area contributed by atoms with E-state index in [-0.39, 0.29) is 54.0 Å². The molecule has 6 atom stereocenters. The molecule has 0 radical (unpaired) electrons. The van der Waals surface area contributed by atoms with Crippen LogP contribution in [0, 0.1) is 40.9 Å². The van der Waals surface area contributed by atoms with Gasteiger partial charge in [0.2, 0.25) is 23.5 Å². The van der Waals surface area contributed by atoms with Crippen molar-refractivity contribution in [3.05, 3.63) is 48.0 Å². The Kier molecular flexibility index (Phi) is 11.5. The number of hydrogen-bond acceptors (Lipinski definition) is 6. The number of nitrogens with zero attached hydrogens (tertiary/aromatic N) is 2. The number of fused-ring (bicyclic) bond motifs is 2. The van der Waals surface area contributed by atoms with Gasteiger partial charge in [0.05, 0.1) is 6.04 Å². The molecular weight excluding hydrogens is 660 g/mol. The SMILES string of the molecule is C#CCC(NC(=O)[C@@H]1[C@@H]2[C@H](CN1C(=O)[C@@H](NC(=O)N[C@H](CN1CCCCC1=O)C(C)(C)C)C1Cc3ccccc3C1)C2(C)C)C(=O)C(=O)NCC=C. The number of terminal acetylenes is 1. The highest BCUT2D eigenvalue weighted by Crippen LogP contribution is 2.65. The number of carbonyl (C=O) groups excluding carboxylic acids is 6. The molecule has 2 aliphatic carbocycles. The van der Waals surface area contributed by atoms with Gasteiger partial charge in [0.15, 0.2) is 0 Å². The summed E-state index contributed by atoms with van der Waals surface area (Å²) in [5.74, 6) is -0.684. The van der Waals surface area contributed by atoms with Crippen LogP contribution < -0.4 is 21.3 Å². The minimum Gasteiger partial charge on any atom is -0.346 e. The molecule has 3 fully saturated rings. The lowest BCUT2D eigenvalue weighted by molar-refractivity contribution is -0.144. The average Bonchev–Trinajstić information content (AvgIpc) is 3.45. The largest absolute Gasteiger partial charge is 0.346 e. The van der Waals surface area contributed by atoms with Gasteiger partial charge in [0, 0.05) is 39.0 Å². The number of urea groups is 1. The number of carbonyl (C=O) groups is 6. The standard InChI is InChI=1S/C40H54N6O6/c1-8-14-28(34(48)36(50)41-18-9-2)42-35(49)33-31-27(40(31,6)7)22-46(33)37(51)32(26-20-24-15-10-11-16-25(24)21-26)44-38(52)43-29(39(3,4)5)23-45-19-13-12-17-30(45)47/h1,9-11,15-16,26-29,31-33H,2,12-14,17-23H2,3-7H3,(H,41,50)(H,42,49)(H2,43,44,52)/t27-,28?,29+,31-,32-,33-/m0/s1. The second-order valence-electron chi connectivity index (χ2n) is 16.5. The van der Waals surface area contributed by atoms with Gasteiger partial charge < -0.3 is 31.1 Å². The minimum atomic E-state index is -1.27. The van der Waals surface area contributed by atoms with Crippen LogP contribution in [0.4, 0.5) is 4.79 Å². The fraction of sp³-hybridized carbons (Fsp3) is 0.600. The number of hydrogen-bond donors (Lipinski definition) is 4. The van der Waals surface area contributed by atoms with Crippen LogP contribution in [0.15, 0.2) is 36.9 Å². The minimum absolute atomic E-state index is 0.0347. The Balaban J connectivity index is 1.39. The van der Waals surface area contributed by atoms with E-state index in [0.29, 0.717) is 38.9 Å². The van der Waals surface area contributed by atoms with E-state index in [0.717, 1.165) is 24.0 Å². The molecule has 2 heterocycles. The van der Waals surface area contributed by atoms with Crippen molar-refractivity contribution in [3.63, 3.8) is 0 Å². The van der Waals surface area contributed by atoms with Crippen LogP contribution in [0.1, 0.15) is 71.4 Å². The number of amides is 6. The molecule has 12 heteroatoms. The van der Waals surface area contributed by atoms with E-state index in [4.69, 9.17) is 6.42 Å². The Morgan fingerprint density at radius 2 is 1.73 bits per heavy atom. The van der Waals surface area contributed by atoms with Crippen LogP contribution in [-0.4, -0.2) is 95.6 Å². The van der Waals surface area contributed by atoms with Gasteiger partial charge in [-0.1, -0.05) is 65.0 Å². The van der Waals surface area contributed by atoms with E-state index >= 15 is 0 Å². The van der Waals surface area contributed by atoms with E-state index < -0.39 is 47.2 Å². The molecule has 1 aromatic rings. The summed E-state index contributed by atoms with van der Waals surface area (Å²) in [5, 5.41) is 11.3. The number of Topliss-reactive ketones (excluding diaryl/α,β-unsaturated/α-hetero) is 1. The molecule has 6 amide bonds. The predicted octanol–water partition coefficient (Wildman–Crippen LogP) is 2.36. The second-order valence-corrected chi connectivity index (χ2v) is 16.5. The highest BCUT2D eigenvalue weighted by molar-refractivity contribution is 6.38. The van der Waals surface area contributed by atoms with Crippen molar-refractivity contribution in [3.8, 4) is 12.3 Å². The summed E-state index contributed by atoms with van der Waals surface area (Å²) in [6.45, 7) is 15.0. The van der Waals surface area contributed by atoms with Gasteiger partial charge in [-0.3, -0.25) is 24.0 Å². The lowest BCUT2D eigenvalue weighted by Crippen LogP contribution is -2.62. The average molecular weight is 715 g/mol. The summed E-state index contributed by atoms with van der Waals surface area (Å²) in [5.41, 5.74) is 1.59. The Labute approximate surface area is 307 Å². The smallest absolute Gasteiger partial charge is 0.315 e. The van der Waals surface area contributed by atoms with Crippen LogP contribution >= 0.6 is 0 Å². The van der Waals surface area contributed by atoms with E-state index in [9.17, 15) is 28.8 Å². The predicted molar refractivity (Wildman–Crippen MR) is 196 cm³/mol. The first-order valence-electron chi connectivity index (χ1n) is 18.5. The van der Waals surface area contributed by atoms with Gasteiger partial charge >= 0.3 is 6.03 Å². The number of rotatable bonds is 13. The number of benzene rings is 1. The molecule has 4 aliphatic rings. The van der Waals surface area contributed by atoms with Gasteiger partial charge in [-0.15, -0.1) is 18.9 Å². The lowest BCUT2D eigenvalue weighted by atomic mass is 9.86. The molecule has 1 saturated carbocycles. The van der Waals surface area contributed by atoms with Gasteiger partial charge in [-0.05, 0) is 65.4 Å². The number of ketones is 1. The van der Waals surface area contributed by atoms with Crippen LogP contribution in [0.3, 0.4) is 0 Å². The Bertz CT molecular complexity index is 1620. The van der Waals surface area contributed by atoms with E-state index in [1.807, 2.05) is 58.9 Å². The van der Waals surface area contributed by atoms with Crippen molar-refractivity contribution in [1.29, 1.82) is 0 Å². The molecule has 4 N–H and O–H groups in total. The van der Waals surface area contributed by atoms with E-state index in [1.165, 1.54) is 6.08 Å². The molecule has 2 aliphatic heterocycles. The van der Waals surface area contributed by atoms with Crippen molar-refractivity contribution in [1.82, 2.24) is 31.1 Å². The zero-order valence-corrected chi connectivity index (χ0v) is 31.1. The van der Waals surface area contributed by atoms with Crippen molar-refractivity contribution in [2.45, 2.75) is 97.3 Å². The van der Waals surface area contributed by atoms with Crippen molar-refractivity contribution < 1.29 is 28.8 Å². The van der Waals surface area contributed by atoms with E-state index in [1.54, 1.807) is 9.80 Å². The molecule has 1 aromatic carbocycles. The van der Waals surface area contributed by atoms with Gasteiger partial charge in [-0.2, -0.15) is 0 Å². The van der Waals surface area contributed by atoms with Crippen LogP contribution in [0.2, 0.25) is 0 Å². The number of likely N-dealkylation sites (tertiary alicyclic amines) is 2. The molecule has 0 aromatic heterocycles. The maximum absolute atomic E-state index is 14.8. The molecular formula is C40H54N6O6. The molecule has 12 nitrogen and oxygen atoms in total. The summed E-state index contributed by atoms with van der Waals surface area (Å²) in [6.07, 6.45) is 10.2. The van der Waals surface area contributed by atoms with Crippen molar-refractivity contribution >= 4 is 35.4 Å².